The summed E-state index contributed by atoms with van der Waals surface area (Å²) in [6.45, 7) is 2.79. The zero-order chi connectivity index (χ0) is 12.4. The lowest BCUT2D eigenvalue weighted by Gasteiger charge is -2.35. The molecule has 1 saturated heterocycles. The zero-order valence-corrected chi connectivity index (χ0v) is 10.0. The van der Waals surface area contributed by atoms with E-state index in [1.165, 1.54) is 0 Å². The number of morpholine rings is 1. The number of aromatic nitrogens is 2. The van der Waals surface area contributed by atoms with Gasteiger partial charge >= 0.3 is 0 Å². The minimum atomic E-state index is -0.295. The van der Waals surface area contributed by atoms with Gasteiger partial charge in [0, 0.05) is 26.3 Å². The molecule has 2 unspecified atom stereocenters. The second-order valence-corrected chi connectivity index (χ2v) is 4.30. The molecule has 94 valence electrons. The molecule has 1 aliphatic rings. The fourth-order valence-corrected chi connectivity index (χ4v) is 2.06. The van der Waals surface area contributed by atoms with Crippen LogP contribution in [0.25, 0.3) is 0 Å². The highest BCUT2D eigenvalue weighted by atomic mass is 16.5. The molecule has 2 heterocycles. The van der Waals surface area contributed by atoms with Crippen molar-refractivity contribution >= 4 is 5.91 Å². The van der Waals surface area contributed by atoms with Crippen LogP contribution in [0.2, 0.25) is 0 Å². The van der Waals surface area contributed by atoms with Gasteiger partial charge in [0.2, 0.25) is 0 Å². The van der Waals surface area contributed by atoms with Gasteiger partial charge in [0.15, 0.2) is 0 Å². The molecule has 0 aromatic carbocycles. The fraction of sp³-hybridized carbons (Fsp3) is 0.636. The Morgan fingerprint density at radius 3 is 3.00 bits per heavy atom. The maximum absolute atomic E-state index is 12.2. The monoisotopic (exact) mass is 239 g/mol. The summed E-state index contributed by atoms with van der Waals surface area (Å²) in [5.41, 5.74) is 0.552. The van der Waals surface area contributed by atoms with Crippen molar-refractivity contribution in [3.63, 3.8) is 0 Å². The van der Waals surface area contributed by atoms with Crippen LogP contribution in [0.15, 0.2) is 12.3 Å². The summed E-state index contributed by atoms with van der Waals surface area (Å²) in [6.07, 6.45) is 1.25. The number of aliphatic hydroxyl groups is 1. The number of hydrogen-bond acceptors (Lipinski definition) is 4. The molecule has 0 aliphatic carbocycles. The molecule has 17 heavy (non-hydrogen) atoms. The van der Waals surface area contributed by atoms with Crippen molar-refractivity contribution in [2.24, 2.45) is 7.05 Å². The largest absolute Gasteiger partial charge is 0.394 e. The average Bonchev–Trinajstić information content (AvgIpc) is 2.73. The first-order valence-corrected chi connectivity index (χ1v) is 5.65. The third kappa shape index (κ3) is 2.48. The highest BCUT2D eigenvalue weighted by Crippen LogP contribution is 2.13. The molecule has 1 amide bonds. The maximum atomic E-state index is 12.2. The van der Waals surface area contributed by atoms with Crippen molar-refractivity contribution in [2.45, 2.75) is 19.1 Å². The number of nitrogens with zero attached hydrogens (tertiary/aromatic N) is 3. The molecule has 6 nitrogen and oxygen atoms in total. The Bertz CT molecular complexity index is 404. The van der Waals surface area contributed by atoms with Gasteiger partial charge in [0.25, 0.3) is 5.91 Å². The van der Waals surface area contributed by atoms with Gasteiger partial charge in [0.1, 0.15) is 5.69 Å². The Kier molecular flexibility index (Phi) is 3.44. The summed E-state index contributed by atoms with van der Waals surface area (Å²) in [4.78, 5) is 13.9. The molecule has 1 aliphatic heterocycles. The van der Waals surface area contributed by atoms with Crippen LogP contribution in [0.5, 0.6) is 0 Å². The van der Waals surface area contributed by atoms with E-state index in [-0.39, 0.29) is 24.7 Å². The number of amides is 1. The zero-order valence-electron chi connectivity index (χ0n) is 10.0. The molecule has 0 radical (unpaired) electrons. The van der Waals surface area contributed by atoms with E-state index in [4.69, 9.17) is 9.84 Å². The van der Waals surface area contributed by atoms with Crippen molar-refractivity contribution in [3.8, 4) is 0 Å². The highest BCUT2D eigenvalue weighted by Gasteiger charge is 2.29. The van der Waals surface area contributed by atoms with Crippen LogP contribution >= 0.6 is 0 Å². The molecule has 1 fully saturated rings. The van der Waals surface area contributed by atoms with E-state index in [0.717, 1.165) is 0 Å². The van der Waals surface area contributed by atoms with Crippen molar-refractivity contribution < 1.29 is 14.6 Å². The molecule has 6 heteroatoms. The molecule has 0 bridgehead atoms. The summed E-state index contributed by atoms with van der Waals surface area (Å²) in [7, 11) is 1.74. The molecule has 1 aromatic heterocycles. The summed E-state index contributed by atoms with van der Waals surface area (Å²) >= 11 is 0. The van der Waals surface area contributed by atoms with Crippen LogP contribution in [0.1, 0.15) is 17.4 Å². The SMILES string of the molecule is CC1CN(C(=O)c2ccnn2C)CC(CO)O1. The fourth-order valence-electron chi connectivity index (χ4n) is 2.06. The number of ether oxygens (including phenoxy) is 1. The second kappa shape index (κ2) is 4.85. The van der Waals surface area contributed by atoms with Crippen LogP contribution < -0.4 is 0 Å². The van der Waals surface area contributed by atoms with Gasteiger partial charge in [-0.2, -0.15) is 5.10 Å². The number of aliphatic hydroxyl groups excluding tert-OH is 1. The molecule has 0 saturated carbocycles. The lowest BCUT2D eigenvalue weighted by Crippen LogP contribution is -2.50. The predicted molar refractivity (Wildman–Crippen MR) is 60.5 cm³/mol. The van der Waals surface area contributed by atoms with Gasteiger partial charge in [0.05, 0.1) is 18.8 Å². The van der Waals surface area contributed by atoms with Crippen molar-refractivity contribution in [1.82, 2.24) is 14.7 Å². The minimum absolute atomic E-state index is 0.0573. The van der Waals surface area contributed by atoms with Gasteiger partial charge in [-0.25, -0.2) is 0 Å². The van der Waals surface area contributed by atoms with Gasteiger partial charge in [-0.3, -0.25) is 9.48 Å². The molecule has 2 atom stereocenters. The third-order valence-corrected chi connectivity index (χ3v) is 2.86. The number of carbonyl (C=O) groups excluding carboxylic acids is 1. The summed E-state index contributed by atoms with van der Waals surface area (Å²) in [5, 5.41) is 13.1. The van der Waals surface area contributed by atoms with E-state index in [1.54, 1.807) is 28.9 Å². The van der Waals surface area contributed by atoms with E-state index in [1.807, 2.05) is 6.92 Å². The lowest BCUT2D eigenvalue weighted by molar-refractivity contribution is -0.0860. The molecule has 1 N–H and O–H groups in total. The Hall–Kier alpha value is -1.40. The van der Waals surface area contributed by atoms with Crippen molar-refractivity contribution in [1.29, 1.82) is 0 Å². The van der Waals surface area contributed by atoms with Gasteiger partial charge < -0.3 is 14.7 Å². The quantitative estimate of drug-likeness (QED) is 0.765. The van der Waals surface area contributed by atoms with Crippen molar-refractivity contribution in [3.05, 3.63) is 18.0 Å². The Morgan fingerprint density at radius 2 is 2.41 bits per heavy atom. The Morgan fingerprint density at radius 1 is 1.65 bits per heavy atom. The average molecular weight is 239 g/mol. The van der Waals surface area contributed by atoms with Gasteiger partial charge in [-0.1, -0.05) is 0 Å². The second-order valence-electron chi connectivity index (χ2n) is 4.30. The Labute approximate surface area is 99.8 Å². The highest BCUT2D eigenvalue weighted by molar-refractivity contribution is 5.92. The topological polar surface area (TPSA) is 67.6 Å². The van der Waals surface area contributed by atoms with Crippen LogP contribution in [-0.2, 0) is 11.8 Å². The standard InChI is InChI=1S/C11H17N3O3/c1-8-5-14(6-9(7-15)17-8)11(16)10-3-4-12-13(10)2/h3-4,8-9,15H,5-7H2,1-2H3. The van der Waals surface area contributed by atoms with Gasteiger partial charge in [-0.05, 0) is 13.0 Å². The molecule has 0 spiro atoms. The third-order valence-electron chi connectivity index (χ3n) is 2.86. The van der Waals surface area contributed by atoms with Crippen molar-refractivity contribution in [2.75, 3.05) is 19.7 Å². The number of aryl methyl sites for hydroxylation is 1. The first kappa shape index (κ1) is 12.1. The maximum Gasteiger partial charge on any atom is 0.272 e. The summed E-state index contributed by atoms with van der Waals surface area (Å²) < 4.78 is 7.05. The normalized spacial score (nSPS) is 25.0. The van der Waals surface area contributed by atoms with Gasteiger partial charge in [-0.15, -0.1) is 0 Å². The van der Waals surface area contributed by atoms with E-state index in [0.29, 0.717) is 18.8 Å². The number of carbonyl (C=O) groups is 1. The first-order chi connectivity index (χ1) is 8.11. The first-order valence-electron chi connectivity index (χ1n) is 5.65. The minimum Gasteiger partial charge on any atom is -0.394 e. The number of rotatable bonds is 2. The van der Waals surface area contributed by atoms with E-state index in [2.05, 4.69) is 5.10 Å². The smallest absolute Gasteiger partial charge is 0.272 e. The van der Waals surface area contributed by atoms with Crippen LogP contribution in [0.3, 0.4) is 0 Å². The summed E-state index contributed by atoms with van der Waals surface area (Å²) in [5.74, 6) is -0.0707. The molecular formula is C11H17N3O3. The predicted octanol–water partition coefficient (Wildman–Crippen LogP) is -0.358. The van der Waals surface area contributed by atoms with E-state index in [9.17, 15) is 4.79 Å². The number of hydrogen-bond donors (Lipinski definition) is 1. The lowest BCUT2D eigenvalue weighted by atomic mass is 10.2. The molecular weight excluding hydrogens is 222 g/mol. The van der Waals surface area contributed by atoms with Crippen LogP contribution in [0, 0.1) is 0 Å². The summed E-state index contributed by atoms with van der Waals surface area (Å²) in [6, 6.07) is 1.69. The van der Waals surface area contributed by atoms with Crippen LogP contribution in [-0.4, -0.2) is 57.6 Å². The molecule has 2 rings (SSSR count). The molecule has 1 aromatic rings. The van der Waals surface area contributed by atoms with Crippen LogP contribution in [0.4, 0.5) is 0 Å². The van der Waals surface area contributed by atoms with E-state index < -0.39 is 0 Å². The Balaban J connectivity index is 2.11. The van der Waals surface area contributed by atoms with E-state index >= 15 is 0 Å².